The van der Waals surface area contributed by atoms with E-state index in [-0.39, 0.29) is 29.5 Å². The Bertz CT molecular complexity index is 1470. The van der Waals surface area contributed by atoms with Crippen LogP contribution in [0.5, 0.6) is 5.75 Å². The smallest absolute Gasteiger partial charge is 0.260 e. The van der Waals surface area contributed by atoms with Crippen LogP contribution in [0.15, 0.2) is 120 Å². The Balaban J connectivity index is 1.14. The summed E-state index contributed by atoms with van der Waals surface area (Å²) in [6, 6.07) is 36.2. The molecular weight excluding hydrogens is 534 g/mol. The Kier molecular flexibility index (Phi) is 9.14. The molecule has 212 valence electrons. The minimum atomic E-state index is -3.71. The van der Waals surface area contributed by atoms with Crippen molar-refractivity contribution in [2.24, 2.45) is 0 Å². The van der Waals surface area contributed by atoms with Crippen LogP contribution in [-0.4, -0.2) is 56.9 Å². The van der Waals surface area contributed by atoms with E-state index in [9.17, 15) is 13.2 Å². The fraction of sp³-hybridized carbons (Fsp3) is 0.242. The third kappa shape index (κ3) is 7.21. The first kappa shape index (κ1) is 28.5. The number of nitrogens with one attached hydrogen (secondary N) is 1. The van der Waals surface area contributed by atoms with E-state index < -0.39 is 10.0 Å². The van der Waals surface area contributed by atoms with Crippen LogP contribution in [0.25, 0.3) is 0 Å². The van der Waals surface area contributed by atoms with Crippen LogP contribution in [0.4, 0.5) is 0 Å². The second kappa shape index (κ2) is 13.1. The lowest BCUT2D eigenvalue weighted by molar-refractivity contribution is -0.135. The standard InChI is InChI=1S/C33H35N3O4S/c1-26(27-11-5-2-6-12-27)34-41(38,39)31-19-17-30(18-20-31)40-25-32(37)35-21-23-36(24-22-35)33(28-13-7-3-8-14-28)29-15-9-4-10-16-29/h2-20,26,33-34H,21-25H2,1H3/t26-/m0/s1. The van der Waals surface area contributed by atoms with Gasteiger partial charge in [-0.25, -0.2) is 13.1 Å². The van der Waals surface area contributed by atoms with Crippen molar-refractivity contribution < 1.29 is 17.9 Å². The molecule has 0 saturated carbocycles. The molecule has 1 aliphatic heterocycles. The van der Waals surface area contributed by atoms with Gasteiger partial charge < -0.3 is 9.64 Å². The lowest BCUT2D eigenvalue weighted by Crippen LogP contribution is -2.51. The van der Waals surface area contributed by atoms with Crippen molar-refractivity contribution in [3.05, 3.63) is 132 Å². The van der Waals surface area contributed by atoms with E-state index in [1.807, 2.05) is 47.4 Å². The monoisotopic (exact) mass is 569 g/mol. The molecule has 1 heterocycles. The number of hydrogen-bond acceptors (Lipinski definition) is 5. The zero-order chi connectivity index (χ0) is 28.7. The zero-order valence-electron chi connectivity index (χ0n) is 23.1. The highest BCUT2D eigenvalue weighted by Crippen LogP contribution is 2.29. The second-order valence-corrected chi connectivity index (χ2v) is 11.9. The molecule has 0 radical (unpaired) electrons. The summed E-state index contributed by atoms with van der Waals surface area (Å²) in [5, 5.41) is 0. The summed E-state index contributed by atoms with van der Waals surface area (Å²) < 4.78 is 34.1. The topological polar surface area (TPSA) is 78.9 Å². The maximum absolute atomic E-state index is 12.9. The maximum atomic E-state index is 12.9. The van der Waals surface area contributed by atoms with E-state index in [1.165, 1.54) is 23.3 Å². The van der Waals surface area contributed by atoms with Gasteiger partial charge in [0.05, 0.1) is 10.9 Å². The number of carbonyl (C=O) groups is 1. The number of benzene rings is 4. The van der Waals surface area contributed by atoms with Crippen LogP contribution in [-0.2, 0) is 14.8 Å². The molecule has 4 aromatic carbocycles. The summed E-state index contributed by atoms with van der Waals surface area (Å²) in [5.74, 6) is 0.357. The van der Waals surface area contributed by atoms with Gasteiger partial charge in [-0.15, -0.1) is 0 Å². The molecule has 0 aromatic heterocycles. The highest BCUT2D eigenvalue weighted by molar-refractivity contribution is 7.89. The van der Waals surface area contributed by atoms with E-state index in [0.29, 0.717) is 18.8 Å². The van der Waals surface area contributed by atoms with Crippen LogP contribution in [0.1, 0.15) is 35.7 Å². The van der Waals surface area contributed by atoms with Gasteiger partial charge in [-0.2, -0.15) is 0 Å². The first-order valence-electron chi connectivity index (χ1n) is 13.8. The Labute approximate surface area is 242 Å². The van der Waals surface area contributed by atoms with Gasteiger partial charge in [-0.3, -0.25) is 9.69 Å². The van der Waals surface area contributed by atoms with Gasteiger partial charge in [-0.05, 0) is 47.9 Å². The fourth-order valence-corrected chi connectivity index (χ4v) is 6.41. The van der Waals surface area contributed by atoms with Crippen LogP contribution < -0.4 is 9.46 Å². The number of amides is 1. The molecule has 4 aromatic rings. The number of nitrogens with zero attached hydrogens (tertiary/aromatic N) is 2. The minimum Gasteiger partial charge on any atom is -0.484 e. The average molecular weight is 570 g/mol. The van der Waals surface area contributed by atoms with E-state index in [2.05, 4.69) is 58.2 Å². The number of carbonyl (C=O) groups excluding carboxylic acids is 1. The molecule has 1 aliphatic rings. The van der Waals surface area contributed by atoms with Gasteiger partial charge in [0.2, 0.25) is 10.0 Å². The van der Waals surface area contributed by atoms with Gasteiger partial charge in [0.25, 0.3) is 5.91 Å². The number of hydrogen-bond donors (Lipinski definition) is 1. The Morgan fingerprint density at radius 3 is 1.73 bits per heavy atom. The molecule has 1 saturated heterocycles. The van der Waals surface area contributed by atoms with Crippen LogP contribution in [0.2, 0.25) is 0 Å². The molecule has 8 heteroatoms. The summed E-state index contributed by atoms with van der Waals surface area (Å²) in [5.41, 5.74) is 3.35. The van der Waals surface area contributed by atoms with Gasteiger partial charge in [-0.1, -0.05) is 91.0 Å². The van der Waals surface area contributed by atoms with Gasteiger partial charge >= 0.3 is 0 Å². The van der Waals surface area contributed by atoms with Crippen molar-refractivity contribution in [3.63, 3.8) is 0 Å². The van der Waals surface area contributed by atoms with Gasteiger partial charge in [0.1, 0.15) is 5.75 Å². The number of ether oxygens (including phenoxy) is 1. The molecule has 41 heavy (non-hydrogen) atoms. The molecule has 0 aliphatic carbocycles. The lowest BCUT2D eigenvalue weighted by Gasteiger charge is -2.39. The Morgan fingerprint density at radius 1 is 0.732 bits per heavy atom. The van der Waals surface area contributed by atoms with Crippen molar-refractivity contribution in [1.29, 1.82) is 0 Å². The predicted molar refractivity (Wildman–Crippen MR) is 160 cm³/mol. The SMILES string of the molecule is C[C@H](NS(=O)(=O)c1ccc(OCC(=O)N2CCN(C(c3ccccc3)c3ccccc3)CC2)cc1)c1ccccc1. The largest absolute Gasteiger partial charge is 0.484 e. The van der Waals surface area contributed by atoms with E-state index in [4.69, 9.17) is 4.74 Å². The molecular formula is C33H35N3O4S. The maximum Gasteiger partial charge on any atom is 0.260 e. The zero-order valence-corrected chi connectivity index (χ0v) is 23.9. The highest BCUT2D eigenvalue weighted by atomic mass is 32.2. The summed E-state index contributed by atoms with van der Waals surface area (Å²) in [7, 11) is -3.71. The molecule has 1 fully saturated rings. The van der Waals surface area contributed by atoms with Crippen LogP contribution >= 0.6 is 0 Å². The third-order valence-corrected chi connectivity index (χ3v) is 8.95. The van der Waals surface area contributed by atoms with Crippen molar-refractivity contribution in [1.82, 2.24) is 14.5 Å². The quantitative estimate of drug-likeness (QED) is 0.290. The molecule has 5 rings (SSSR count). The van der Waals surface area contributed by atoms with Gasteiger partial charge in [0.15, 0.2) is 6.61 Å². The lowest BCUT2D eigenvalue weighted by atomic mass is 9.96. The number of sulfonamides is 1. The minimum absolute atomic E-state index is 0.0873. The summed E-state index contributed by atoms with van der Waals surface area (Å²) >= 11 is 0. The summed E-state index contributed by atoms with van der Waals surface area (Å²) in [6.07, 6.45) is 0. The number of piperazine rings is 1. The van der Waals surface area contributed by atoms with Gasteiger partial charge in [0, 0.05) is 32.2 Å². The molecule has 1 atom stereocenters. The van der Waals surface area contributed by atoms with E-state index in [0.717, 1.165) is 18.7 Å². The number of rotatable bonds is 10. The van der Waals surface area contributed by atoms with E-state index in [1.54, 1.807) is 19.1 Å². The third-order valence-electron chi connectivity index (χ3n) is 7.39. The summed E-state index contributed by atoms with van der Waals surface area (Å²) in [6.45, 7) is 4.43. The van der Waals surface area contributed by atoms with Crippen LogP contribution in [0, 0.1) is 0 Å². The Hall–Kier alpha value is -3.98. The molecule has 7 nitrogen and oxygen atoms in total. The highest BCUT2D eigenvalue weighted by Gasteiger charge is 2.28. The van der Waals surface area contributed by atoms with Crippen molar-refractivity contribution in [3.8, 4) is 5.75 Å². The predicted octanol–water partition coefficient (Wildman–Crippen LogP) is 5.04. The first-order valence-corrected chi connectivity index (χ1v) is 15.3. The molecule has 0 bridgehead atoms. The second-order valence-electron chi connectivity index (χ2n) is 10.2. The first-order chi connectivity index (χ1) is 19.9. The van der Waals surface area contributed by atoms with Crippen LogP contribution in [0.3, 0.4) is 0 Å². The van der Waals surface area contributed by atoms with Crippen molar-refractivity contribution in [2.75, 3.05) is 32.8 Å². The Morgan fingerprint density at radius 2 is 1.22 bits per heavy atom. The summed E-state index contributed by atoms with van der Waals surface area (Å²) in [4.78, 5) is 17.3. The fourth-order valence-electron chi connectivity index (χ4n) is 5.18. The molecule has 0 spiro atoms. The average Bonchev–Trinajstić information content (AvgIpc) is 3.02. The van der Waals surface area contributed by atoms with Crippen molar-refractivity contribution >= 4 is 15.9 Å². The molecule has 0 unspecified atom stereocenters. The van der Waals surface area contributed by atoms with Crippen molar-refractivity contribution in [2.45, 2.75) is 23.9 Å². The van der Waals surface area contributed by atoms with E-state index >= 15 is 0 Å². The normalized spacial score (nSPS) is 15.0. The molecule has 1 amide bonds. The molecule has 1 N–H and O–H groups in total.